The van der Waals surface area contributed by atoms with Gasteiger partial charge < -0.3 is 14.8 Å². The Morgan fingerprint density at radius 1 is 1.53 bits per heavy atom. The molecule has 0 aliphatic carbocycles. The average Bonchev–Trinajstić information content (AvgIpc) is 2.82. The molecule has 0 bridgehead atoms. The van der Waals surface area contributed by atoms with Crippen LogP contribution in [0.2, 0.25) is 0 Å². The van der Waals surface area contributed by atoms with Crippen LogP contribution in [0.4, 0.5) is 4.39 Å². The van der Waals surface area contributed by atoms with E-state index in [-0.39, 0.29) is 18.1 Å². The molecule has 1 saturated heterocycles. The maximum atomic E-state index is 13.2. The van der Waals surface area contributed by atoms with E-state index in [0.29, 0.717) is 5.56 Å². The monoisotopic (exact) mass is 282 g/mol. The number of nitrogens with zero attached hydrogens (tertiary/aromatic N) is 1. The van der Waals surface area contributed by atoms with Gasteiger partial charge in [0.25, 0.3) is 0 Å². The normalized spacial score (nSPS) is 22.5. The third-order valence-corrected chi connectivity index (χ3v) is 4.32. The molecule has 0 radical (unpaired) electrons. The minimum Gasteiger partial charge on any atom is -0.548 e. The van der Waals surface area contributed by atoms with Gasteiger partial charge in [0.15, 0.2) is 0 Å². The maximum Gasteiger partial charge on any atom is 0.224 e. The first kappa shape index (κ1) is 13.9. The number of carbonyl (C=O) groups is 2. The lowest BCUT2D eigenvalue weighted by atomic mass is 10.1. The molecule has 2 rings (SSSR count). The third kappa shape index (κ3) is 2.73. The number of carboxylic acids is 1. The standard InChI is InChI=1S/C13H14FNO3S/c1-2-11(16)15-10(13(17)18)7-19-12(15)8-4-3-5-9(14)6-8/h3-6,10,12H,2,7H2,1H3,(H,17,18)/p-1/t10-,12-/m1/s1. The Morgan fingerprint density at radius 3 is 2.84 bits per heavy atom. The highest BCUT2D eigenvalue weighted by atomic mass is 32.2. The smallest absolute Gasteiger partial charge is 0.224 e. The van der Waals surface area contributed by atoms with Crippen molar-refractivity contribution in [3.05, 3.63) is 35.6 Å². The number of amides is 1. The Balaban J connectivity index is 2.34. The molecule has 1 aromatic carbocycles. The van der Waals surface area contributed by atoms with Gasteiger partial charge in [0.2, 0.25) is 5.91 Å². The van der Waals surface area contributed by atoms with Crippen LogP contribution >= 0.6 is 11.8 Å². The molecule has 0 saturated carbocycles. The van der Waals surface area contributed by atoms with E-state index < -0.39 is 23.2 Å². The summed E-state index contributed by atoms with van der Waals surface area (Å²) in [4.78, 5) is 24.3. The molecule has 19 heavy (non-hydrogen) atoms. The number of carbonyl (C=O) groups excluding carboxylic acids is 2. The largest absolute Gasteiger partial charge is 0.548 e. The van der Waals surface area contributed by atoms with Gasteiger partial charge in [-0.3, -0.25) is 4.79 Å². The van der Waals surface area contributed by atoms with Gasteiger partial charge in [-0.15, -0.1) is 11.8 Å². The predicted molar refractivity (Wildman–Crippen MR) is 67.5 cm³/mol. The van der Waals surface area contributed by atoms with Crippen molar-refractivity contribution >= 4 is 23.6 Å². The molecular weight excluding hydrogens is 269 g/mol. The van der Waals surface area contributed by atoms with Crippen LogP contribution < -0.4 is 5.11 Å². The van der Waals surface area contributed by atoms with Crippen LogP contribution in [0, 0.1) is 5.82 Å². The topological polar surface area (TPSA) is 60.4 Å². The first-order valence-electron chi connectivity index (χ1n) is 5.93. The molecule has 1 aliphatic rings. The summed E-state index contributed by atoms with van der Waals surface area (Å²) in [5.41, 5.74) is 0.593. The quantitative estimate of drug-likeness (QED) is 0.827. The van der Waals surface area contributed by atoms with Crippen molar-refractivity contribution in [1.82, 2.24) is 4.90 Å². The lowest BCUT2D eigenvalue weighted by Gasteiger charge is -2.30. The summed E-state index contributed by atoms with van der Waals surface area (Å²) in [5.74, 6) is -1.68. The summed E-state index contributed by atoms with van der Waals surface area (Å²) < 4.78 is 13.2. The summed E-state index contributed by atoms with van der Waals surface area (Å²) in [5, 5.41) is 10.6. The Bertz CT molecular complexity index is 508. The molecule has 0 unspecified atom stereocenters. The number of benzene rings is 1. The zero-order valence-corrected chi connectivity index (χ0v) is 11.2. The van der Waals surface area contributed by atoms with Crippen LogP contribution in [-0.2, 0) is 9.59 Å². The highest BCUT2D eigenvalue weighted by Crippen LogP contribution is 2.41. The minimum atomic E-state index is -1.27. The lowest BCUT2D eigenvalue weighted by Crippen LogP contribution is -2.48. The van der Waals surface area contributed by atoms with Crippen LogP contribution in [0.3, 0.4) is 0 Å². The fourth-order valence-corrected chi connectivity index (χ4v) is 3.52. The molecule has 1 heterocycles. The number of carboxylic acid groups (broad SMARTS) is 1. The second-order valence-electron chi connectivity index (χ2n) is 4.23. The van der Waals surface area contributed by atoms with Crippen LogP contribution in [0.25, 0.3) is 0 Å². The van der Waals surface area contributed by atoms with Crippen molar-refractivity contribution < 1.29 is 19.1 Å². The molecular formula is C13H13FNO3S-. The second kappa shape index (κ2) is 5.61. The molecule has 0 N–H and O–H groups in total. The van der Waals surface area contributed by atoms with E-state index in [4.69, 9.17) is 0 Å². The van der Waals surface area contributed by atoms with Crippen molar-refractivity contribution in [2.45, 2.75) is 24.8 Å². The van der Waals surface area contributed by atoms with Gasteiger partial charge in [-0.2, -0.15) is 0 Å². The predicted octanol–water partition coefficient (Wildman–Crippen LogP) is 0.928. The number of hydrogen-bond donors (Lipinski definition) is 0. The minimum absolute atomic E-state index is 0.205. The molecule has 1 aliphatic heterocycles. The number of thioether (sulfide) groups is 1. The van der Waals surface area contributed by atoms with Crippen LogP contribution in [0.5, 0.6) is 0 Å². The van der Waals surface area contributed by atoms with Gasteiger partial charge in [-0.1, -0.05) is 19.1 Å². The molecule has 1 fully saturated rings. The SMILES string of the molecule is CCC(=O)N1[C@@H](C(=O)[O-])CS[C@@H]1c1cccc(F)c1. The van der Waals surface area contributed by atoms with E-state index in [0.717, 1.165) is 0 Å². The zero-order valence-electron chi connectivity index (χ0n) is 10.3. The van der Waals surface area contributed by atoms with Crippen LogP contribution in [-0.4, -0.2) is 28.6 Å². The van der Waals surface area contributed by atoms with Gasteiger partial charge in [-0.25, -0.2) is 4.39 Å². The maximum absolute atomic E-state index is 13.2. The second-order valence-corrected chi connectivity index (χ2v) is 5.34. The van der Waals surface area contributed by atoms with Crippen molar-refractivity contribution in [2.24, 2.45) is 0 Å². The summed E-state index contributed by atoms with van der Waals surface area (Å²) in [6.45, 7) is 1.67. The fraction of sp³-hybridized carbons (Fsp3) is 0.385. The zero-order chi connectivity index (χ0) is 14.0. The van der Waals surface area contributed by atoms with Gasteiger partial charge in [0.1, 0.15) is 11.2 Å². The number of hydrogen-bond acceptors (Lipinski definition) is 4. The molecule has 0 spiro atoms. The van der Waals surface area contributed by atoms with E-state index in [1.165, 1.54) is 28.8 Å². The van der Waals surface area contributed by atoms with Crippen molar-refractivity contribution in [1.29, 1.82) is 0 Å². The van der Waals surface area contributed by atoms with E-state index >= 15 is 0 Å². The Kier molecular flexibility index (Phi) is 4.09. The summed E-state index contributed by atoms with van der Waals surface area (Å²) in [6, 6.07) is 4.92. The Hall–Kier alpha value is -1.56. The summed E-state index contributed by atoms with van der Waals surface area (Å²) in [7, 11) is 0. The van der Waals surface area contributed by atoms with Crippen molar-refractivity contribution in [3.63, 3.8) is 0 Å². The fourth-order valence-electron chi connectivity index (χ4n) is 2.09. The first-order valence-corrected chi connectivity index (χ1v) is 6.98. The van der Waals surface area contributed by atoms with Gasteiger partial charge in [0.05, 0.1) is 12.0 Å². The van der Waals surface area contributed by atoms with Gasteiger partial charge in [-0.05, 0) is 17.7 Å². The van der Waals surface area contributed by atoms with Crippen LogP contribution in [0.1, 0.15) is 24.3 Å². The van der Waals surface area contributed by atoms with E-state index in [9.17, 15) is 19.1 Å². The number of aliphatic carboxylic acids is 1. The molecule has 6 heteroatoms. The summed E-state index contributed by atoms with van der Waals surface area (Å²) >= 11 is 1.31. The average molecular weight is 282 g/mol. The third-order valence-electron chi connectivity index (χ3n) is 3.00. The summed E-state index contributed by atoms with van der Waals surface area (Å²) in [6.07, 6.45) is 0.205. The van der Waals surface area contributed by atoms with E-state index in [1.807, 2.05) is 0 Å². The Morgan fingerprint density at radius 2 is 2.26 bits per heavy atom. The molecule has 1 aromatic rings. The highest BCUT2D eigenvalue weighted by Gasteiger charge is 2.38. The number of rotatable bonds is 3. The van der Waals surface area contributed by atoms with Gasteiger partial charge >= 0.3 is 0 Å². The Labute approximate surface area is 114 Å². The molecule has 0 aromatic heterocycles. The first-order chi connectivity index (χ1) is 9.04. The van der Waals surface area contributed by atoms with Crippen LogP contribution in [0.15, 0.2) is 24.3 Å². The highest BCUT2D eigenvalue weighted by molar-refractivity contribution is 7.99. The molecule has 2 atom stereocenters. The number of halogens is 1. The molecule has 4 nitrogen and oxygen atoms in total. The van der Waals surface area contributed by atoms with E-state index in [1.54, 1.807) is 19.1 Å². The molecule has 102 valence electrons. The van der Waals surface area contributed by atoms with Crippen molar-refractivity contribution in [2.75, 3.05) is 5.75 Å². The lowest BCUT2D eigenvalue weighted by molar-refractivity contribution is -0.310. The van der Waals surface area contributed by atoms with Crippen molar-refractivity contribution in [3.8, 4) is 0 Å². The van der Waals surface area contributed by atoms with Gasteiger partial charge in [0, 0.05) is 12.2 Å². The molecule has 1 amide bonds. The van der Waals surface area contributed by atoms with E-state index in [2.05, 4.69) is 0 Å².